The van der Waals surface area contributed by atoms with Gasteiger partial charge in [0.25, 0.3) is 0 Å². The van der Waals surface area contributed by atoms with E-state index in [4.69, 9.17) is 5.73 Å². The first kappa shape index (κ1) is 9.89. The fourth-order valence-electron chi connectivity index (χ4n) is 1.08. The summed E-state index contributed by atoms with van der Waals surface area (Å²) < 4.78 is 36.8. The van der Waals surface area contributed by atoms with Crippen LogP contribution in [0.25, 0.3) is 0 Å². The molecule has 0 spiro atoms. The first-order valence-electron chi connectivity index (χ1n) is 3.77. The molecule has 0 aliphatic carbocycles. The Hall–Kier alpha value is -1.19. The number of alkyl halides is 3. The van der Waals surface area contributed by atoms with Gasteiger partial charge in [0.2, 0.25) is 0 Å². The average molecular weight is 189 g/mol. The summed E-state index contributed by atoms with van der Waals surface area (Å²) in [5.74, 6) is 0. The van der Waals surface area contributed by atoms with E-state index >= 15 is 0 Å². The number of hydrogen-bond donors (Lipinski definition) is 1. The lowest BCUT2D eigenvalue weighted by molar-refractivity contribution is -0.136. The summed E-state index contributed by atoms with van der Waals surface area (Å²) >= 11 is 0. The van der Waals surface area contributed by atoms with E-state index in [2.05, 4.69) is 0 Å². The first-order valence-corrected chi connectivity index (χ1v) is 3.77. The monoisotopic (exact) mass is 189 g/mol. The van der Waals surface area contributed by atoms with E-state index in [0.29, 0.717) is 5.56 Å². The molecule has 0 saturated carbocycles. The van der Waals surface area contributed by atoms with Crippen LogP contribution in [0.3, 0.4) is 0 Å². The van der Waals surface area contributed by atoms with Gasteiger partial charge in [-0.2, -0.15) is 13.2 Å². The maximum absolute atomic E-state index is 12.3. The summed E-state index contributed by atoms with van der Waals surface area (Å²) in [4.78, 5) is 0. The van der Waals surface area contributed by atoms with Gasteiger partial charge in [-0.3, -0.25) is 0 Å². The van der Waals surface area contributed by atoms with Crippen LogP contribution in [0.4, 0.5) is 18.9 Å². The molecule has 1 aromatic rings. The Morgan fingerprint density at radius 3 is 2.15 bits per heavy atom. The highest BCUT2D eigenvalue weighted by Crippen LogP contribution is 2.35. The lowest BCUT2D eigenvalue weighted by Crippen LogP contribution is -2.10. The maximum Gasteiger partial charge on any atom is 0.418 e. The number of rotatable bonds is 0. The zero-order chi connectivity index (χ0) is 10.2. The molecule has 0 saturated heterocycles. The van der Waals surface area contributed by atoms with E-state index in [1.807, 2.05) is 0 Å². The number of nitrogen functional groups attached to an aromatic ring is 1. The van der Waals surface area contributed by atoms with Gasteiger partial charge in [-0.25, -0.2) is 0 Å². The topological polar surface area (TPSA) is 26.0 Å². The van der Waals surface area contributed by atoms with Crippen molar-refractivity contribution in [1.82, 2.24) is 0 Å². The van der Waals surface area contributed by atoms with Gasteiger partial charge in [0.1, 0.15) is 0 Å². The van der Waals surface area contributed by atoms with E-state index in [9.17, 15) is 13.2 Å². The van der Waals surface area contributed by atoms with Gasteiger partial charge in [-0.1, -0.05) is 6.07 Å². The lowest BCUT2D eigenvalue weighted by Gasteiger charge is -2.13. The molecule has 0 radical (unpaired) electrons. The van der Waals surface area contributed by atoms with Crippen LogP contribution in [0, 0.1) is 13.8 Å². The fourth-order valence-corrected chi connectivity index (χ4v) is 1.08. The highest BCUT2D eigenvalue weighted by Gasteiger charge is 2.33. The molecule has 0 fully saturated rings. The van der Waals surface area contributed by atoms with E-state index in [1.54, 1.807) is 13.8 Å². The van der Waals surface area contributed by atoms with E-state index < -0.39 is 11.7 Å². The molecule has 0 aliphatic rings. The van der Waals surface area contributed by atoms with Gasteiger partial charge >= 0.3 is 6.18 Å². The van der Waals surface area contributed by atoms with E-state index in [-0.39, 0.29) is 5.69 Å². The van der Waals surface area contributed by atoms with Crippen LogP contribution in [0.5, 0.6) is 0 Å². The van der Waals surface area contributed by atoms with E-state index in [0.717, 1.165) is 11.6 Å². The lowest BCUT2D eigenvalue weighted by atomic mass is 10.0. The number of anilines is 1. The standard InChI is InChI=1S/C9H10F3N/c1-5-3-4-7(9(10,11)12)8(13)6(5)2/h3-4H,13H2,1-2H3. The van der Waals surface area contributed by atoms with Crippen LogP contribution in [-0.4, -0.2) is 0 Å². The molecule has 0 amide bonds. The Bertz CT molecular complexity index is 328. The molecule has 0 heterocycles. The Morgan fingerprint density at radius 1 is 1.15 bits per heavy atom. The number of halogens is 3. The van der Waals surface area contributed by atoms with Crippen molar-refractivity contribution in [2.75, 3.05) is 5.73 Å². The van der Waals surface area contributed by atoms with Gasteiger partial charge in [0.15, 0.2) is 0 Å². The van der Waals surface area contributed by atoms with Crippen LogP contribution in [0.15, 0.2) is 12.1 Å². The SMILES string of the molecule is Cc1ccc(C(F)(F)F)c(N)c1C. The first-order chi connectivity index (χ1) is 5.84. The summed E-state index contributed by atoms with van der Waals surface area (Å²) in [5, 5.41) is 0. The summed E-state index contributed by atoms with van der Waals surface area (Å²) in [7, 11) is 0. The largest absolute Gasteiger partial charge is 0.418 e. The number of aryl methyl sites for hydroxylation is 1. The highest BCUT2D eigenvalue weighted by atomic mass is 19.4. The number of nitrogens with two attached hydrogens (primary N) is 1. The predicted octanol–water partition coefficient (Wildman–Crippen LogP) is 2.90. The maximum atomic E-state index is 12.3. The second-order valence-corrected chi connectivity index (χ2v) is 2.97. The zero-order valence-corrected chi connectivity index (χ0v) is 7.37. The molecule has 72 valence electrons. The highest BCUT2D eigenvalue weighted by molar-refractivity contribution is 5.57. The van der Waals surface area contributed by atoms with E-state index in [1.165, 1.54) is 6.07 Å². The molecule has 1 aromatic carbocycles. The minimum atomic E-state index is -4.36. The third-order valence-corrected chi connectivity index (χ3v) is 2.09. The summed E-state index contributed by atoms with van der Waals surface area (Å²) in [5.41, 5.74) is 5.69. The van der Waals surface area contributed by atoms with Gasteiger partial charge < -0.3 is 5.73 Å². The Kier molecular flexibility index (Phi) is 2.24. The second-order valence-electron chi connectivity index (χ2n) is 2.97. The van der Waals surface area contributed by atoms with Crippen molar-refractivity contribution in [3.05, 3.63) is 28.8 Å². The fraction of sp³-hybridized carbons (Fsp3) is 0.333. The molecule has 4 heteroatoms. The van der Waals surface area contributed by atoms with Gasteiger partial charge in [-0.05, 0) is 31.0 Å². The van der Waals surface area contributed by atoms with Crippen LogP contribution in [-0.2, 0) is 6.18 Å². The van der Waals surface area contributed by atoms with Crippen molar-refractivity contribution in [2.45, 2.75) is 20.0 Å². The molecule has 0 aliphatic heterocycles. The predicted molar refractivity (Wildman–Crippen MR) is 45.3 cm³/mol. The minimum Gasteiger partial charge on any atom is -0.398 e. The molecule has 0 bridgehead atoms. The molecule has 1 nitrogen and oxygen atoms in total. The molecule has 0 atom stereocenters. The number of benzene rings is 1. The molecule has 1 rings (SSSR count). The summed E-state index contributed by atoms with van der Waals surface area (Å²) in [6.07, 6.45) is -4.36. The summed E-state index contributed by atoms with van der Waals surface area (Å²) in [6, 6.07) is 2.44. The van der Waals surface area contributed by atoms with Gasteiger partial charge in [-0.15, -0.1) is 0 Å². The third-order valence-electron chi connectivity index (χ3n) is 2.09. The van der Waals surface area contributed by atoms with Crippen LogP contribution < -0.4 is 5.73 Å². The molecular weight excluding hydrogens is 179 g/mol. The Morgan fingerprint density at radius 2 is 1.69 bits per heavy atom. The van der Waals surface area contributed by atoms with Crippen molar-refractivity contribution < 1.29 is 13.2 Å². The molecule has 0 unspecified atom stereocenters. The van der Waals surface area contributed by atoms with Crippen LogP contribution in [0.2, 0.25) is 0 Å². The Balaban J connectivity index is 3.35. The van der Waals surface area contributed by atoms with Crippen molar-refractivity contribution in [1.29, 1.82) is 0 Å². The van der Waals surface area contributed by atoms with Crippen molar-refractivity contribution in [3.8, 4) is 0 Å². The van der Waals surface area contributed by atoms with Gasteiger partial charge in [0.05, 0.1) is 5.56 Å². The molecule has 0 aromatic heterocycles. The average Bonchev–Trinajstić information content (AvgIpc) is 1.98. The Labute approximate surface area is 74.4 Å². The third kappa shape index (κ3) is 1.76. The zero-order valence-electron chi connectivity index (χ0n) is 7.37. The normalized spacial score (nSPS) is 11.8. The second kappa shape index (κ2) is 2.94. The van der Waals surface area contributed by atoms with Crippen LogP contribution in [0.1, 0.15) is 16.7 Å². The van der Waals surface area contributed by atoms with Crippen molar-refractivity contribution in [3.63, 3.8) is 0 Å². The molecule has 2 N–H and O–H groups in total. The minimum absolute atomic E-state index is 0.174. The van der Waals surface area contributed by atoms with Crippen molar-refractivity contribution in [2.24, 2.45) is 0 Å². The van der Waals surface area contributed by atoms with Gasteiger partial charge in [0, 0.05) is 5.69 Å². The summed E-state index contributed by atoms with van der Waals surface area (Å²) in [6.45, 7) is 3.31. The smallest absolute Gasteiger partial charge is 0.398 e. The number of hydrogen-bond acceptors (Lipinski definition) is 1. The van der Waals surface area contributed by atoms with Crippen molar-refractivity contribution >= 4 is 5.69 Å². The molecular formula is C9H10F3N. The molecule has 13 heavy (non-hydrogen) atoms. The van der Waals surface area contributed by atoms with Crippen LogP contribution >= 0.6 is 0 Å². The quantitative estimate of drug-likeness (QED) is 0.624.